The SMILES string of the molecule is CCOC1CC(Nc2cc(Cl)c(C)cc2Br)C1(C)C. The Morgan fingerprint density at radius 3 is 2.74 bits per heavy atom. The molecule has 2 atom stereocenters. The minimum absolute atomic E-state index is 0.146. The summed E-state index contributed by atoms with van der Waals surface area (Å²) in [4.78, 5) is 0. The Morgan fingerprint density at radius 1 is 1.47 bits per heavy atom. The molecule has 1 aromatic rings. The van der Waals surface area contributed by atoms with Crippen LogP contribution in [0, 0.1) is 12.3 Å². The Kier molecular flexibility index (Phi) is 4.49. The second-order valence-corrected chi connectivity index (χ2v) is 7.04. The number of benzene rings is 1. The first-order chi connectivity index (χ1) is 8.86. The molecule has 106 valence electrons. The number of nitrogens with one attached hydrogen (secondary N) is 1. The van der Waals surface area contributed by atoms with Crippen molar-refractivity contribution in [1.82, 2.24) is 0 Å². The summed E-state index contributed by atoms with van der Waals surface area (Å²) in [5.74, 6) is 0. The van der Waals surface area contributed by atoms with E-state index in [1.54, 1.807) is 0 Å². The van der Waals surface area contributed by atoms with Crippen LogP contribution in [-0.4, -0.2) is 18.8 Å². The van der Waals surface area contributed by atoms with Crippen LogP contribution in [0.15, 0.2) is 16.6 Å². The van der Waals surface area contributed by atoms with Gasteiger partial charge in [0.05, 0.1) is 11.8 Å². The van der Waals surface area contributed by atoms with Gasteiger partial charge in [-0.25, -0.2) is 0 Å². The highest BCUT2D eigenvalue weighted by molar-refractivity contribution is 9.10. The Hall–Kier alpha value is -0.250. The van der Waals surface area contributed by atoms with E-state index in [1.807, 2.05) is 19.9 Å². The van der Waals surface area contributed by atoms with Crippen LogP contribution in [0.1, 0.15) is 32.8 Å². The smallest absolute Gasteiger partial charge is 0.0665 e. The summed E-state index contributed by atoms with van der Waals surface area (Å²) in [6.07, 6.45) is 1.38. The summed E-state index contributed by atoms with van der Waals surface area (Å²) >= 11 is 9.79. The predicted molar refractivity (Wildman–Crippen MR) is 85.1 cm³/mol. The fourth-order valence-electron chi connectivity index (χ4n) is 2.56. The van der Waals surface area contributed by atoms with Crippen molar-refractivity contribution in [2.45, 2.75) is 46.3 Å². The number of hydrogen-bond acceptors (Lipinski definition) is 2. The van der Waals surface area contributed by atoms with E-state index in [0.717, 1.165) is 33.8 Å². The second-order valence-electron chi connectivity index (χ2n) is 5.78. The van der Waals surface area contributed by atoms with Crippen LogP contribution in [0.2, 0.25) is 5.02 Å². The lowest BCUT2D eigenvalue weighted by Gasteiger charge is -2.52. The minimum atomic E-state index is 0.146. The van der Waals surface area contributed by atoms with Gasteiger partial charge in [0.25, 0.3) is 0 Å². The predicted octanol–water partition coefficient (Wildman–Crippen LogP) is 5.03. The molecule has 2 nitrogen and oxygen atoms in total. The molecule has 0 saturated heterocycles. The normalized spacial score (nSPS) is 24.9. The van der Waals surface area contributed by atoms with Crippen molar-refractivity contribution in [2.75, 3.05) is 11.9 Å². The van der Waals surface area contributed by atoms with Gasteiger partial charge in [0, 0.05) is 27.6 Å². The maximum atomic E-state index is 6.19. The number of aryl methyl sites for hydroxylation is 1. The summed E-state index contributed by atoms with van der Waals surface area (Å²) < 4.78 is 6.82. The maximum absolute atomic E-state index is 6.19. The van der Waals surface area contributed by atoms with Crippen LogP contribution in [0.25, 0.3) is 0 Å². The zero-order chi connectivity index (χ0) is 14.2. The number of ether oxygens (including phenoxy) is 1. The molecular formula is C15H21BrClNO. The van der Waals surface area contributed by atoms with Gasteiger partial charge in [0.2, 0.25) is 0 Å². The Morgan fingerprint density at radius 2 is 2.16 bits per heavy atom. The Balaban J connectivity index is 2.09. The number of hydrogen-bond donors (Lipinski definition) is 1. The molecule has 2 rings (SSSR count). The van der Waals surface area contributed by atoms with Crippen LogP contribution >= 0.6 is 27.5 Å². The van der Waals surface area contributed by atoms with E-state index in [1.165, 1.54) is 0 Å². The van der Waals surface area contributed by atoms with Crippen LogP contribution in [-0.2, 0) is 4.74 Å². The summed E-state index contributed by atoms with van der Waals surface area (Å²) in [6.45, 7) is 9.33. The van der Waals surface area contributed by atoms with Crippen molar-refractivity contribution in [1.29, 1.82) is 0 Å². The average molecular weight is 347 g/mol. The number of rotatable bonds is 4. The first kappa shape index (κ1) is 15.1. The summed E-state index contributed by atoms with van der Waals surface area (Å²) in [6, 6.07) is 4.46. The molecule has 1 aliphatic rings. The lowest BCUT2D eigenvalue weighted by molar-refractivity contribution is -0.0976. The molecule has 1 aromatic carbocycles. The molecule has 0 bridgehead atoms. The molecule has 0 aromatic heterocycles. The van der Waals surface area contributed by atoms with Crippen LogP contribution in [0.3, 0.4) is 0 Å². The van der Waals surface area contributed by atoms with E-state index in [2.05, 4.69) is 41.2 Å². The maximum Gasteiger partial charge on any atom is 0.0665 e. The van der Waals surface area contributed by atoms with Crippen LogP contribution < -0.4 is 5.32 Å². The molecule has 1 N–H and O–H groups in total. The van der Waals surface area contributed by atoms with E-state index in [0.29, 0.717) is 12.1 Å². The van der Waals surface area contributed by atoms with Gasteiger partial charge in [-0.3, -0.25) is 0 Å². The zero-order valence-electron chi connectivity index (χ0n) is 11.9. The third-order valence-electron chi connectivity index (χ3n) is 4.12. The molecule has 1 aliphatic carbocycles. The highest BCUT2D eigenvalue weighted by atomic mass is 79.9. The molecule has 0 amide bonds. The topological polar surface area (TPSA) is 21.3 Å². The standard InChI is InChI=1S/C15H21BrClNO/c1-5-19-14-8-13(15(14,3)4)18-12-7-11(17)9(2)6-10(12)16/h6-7,13-14,18H,5,8H2,1-4H3. The molecule has 0 aliphatic heterocycles. The fourth-order valence-corrected chi connectivity index (χ4v) is 3.29. The van der Waals surface area contributed by atoms with Crippen LogP contribution in [0.5, 0.6) is 0 Å². The third-order valence-corrected chi connectivity index (χ3v) is 5.19. The van der Waals surface area contributed by atoms with E-state index < -0.39 is 0 Å². The molecular weight excluding hydrogens is 326 g/mol. The van der Waals surface area contributed by atoms with E-state index in [-0.39, 0.29) is 5.41 Å². The van der Waals surface area contributed by atoms with Crippen molar-refractivity contribution in [3.63, 3.8) is 0 Å². The minimum Gasteiger partial charge on any atom is -0.381 e. The van der Waals surface area contributed by atoms with Gasteiger partial charge in [0.15, 0.2) is 0 Å². The summed E-state index contributed by atoms with van der Waals surface area (Å²) in [5.41, 5.74) is 2.29. The monoisotopic (exact) mass is 345 g/mol. The fraction of sp³-hybridized carbons (Fsp3) is 0.600. The molecule has 1 saturated carbocycles. The van der Waals surface area contributed by atoms with Crippen molar-refractivity contribution in [2.24, 2.45) is 5.41 Å². The van der Waals surface area contributed by atoms with Gasteiger partial charge in [-0.05, 0) is 53.9 Å². The van der Waals surface area contributed by atoms with Gasteiger partial charge < -0.3 is 10.1 Å². The average Bonchev–Trinajstić information content (AvgIpc) is 2.34. The molecule has 1 fully saturated rings. The van der Waals surface area contributed by atoms with Gasteiger partial charge in [0.1, 0.15) is 0 Å². The molecule has 0 spiro atoms. The van der Waals surface area contributed by atoms with Crippen LogP contribution in [0.4, 0.5) is 5.69 Å². The highest BCUT2D eigenvalue weighted by Gasteiger charge is 2.48. The summed E-state index contributed by atoms with van der Waals surface area (Å²) in [7, 11) is 0. The Bertz CT molecular complexity index is 475. The lowest BCUT2D eigenvalue weighted by Crippen LogP contribution is -2.58. The molecule has 4 heteroatoms. The number of anilines is 1. The molecule has 0 radical (unpaired) electrons. The lowest BCUT2D eigenvalue weighted by atomic mass is 9.64. The van der Waals surface area contributed by atoms with E-state index in [4.69, 9.17) is 16.3 Å². The van der Waals surface area contributed by atoms with Gasteiger partial charge >= 0.3 is 0 Å². The van der Waals surface area contributed by atoms with Crippen molar-refractivity contribution in [3.8, 4) is 0 Å². The quantitative estimate of drug-likeness (QED) is 0.826. The first-order valence-electron chi connectivity index (χ1n) is 6.70. The largest absolute Gasteiger partial charge is 0.381 e. The Labute approximate surface area is 129 Å². The van der Waals surface area contributed by atoms with Crippen molar-refractivity contribution >= 4 is 33.2 Å². The molecule has 2 unspecified atom stereocenters. The second kappa shape index (κ2) is 5.63. The third kappa shape index (κ3) is 2.93. The van der Waals surface area contributed by atoms with Gasteiger partial charge in [-0.15, -0.1) is 0 Å². The van der Waals surface area contributed by atoms with Crippen molar-refractivity contribution < 1.29 is 4.74 Å². The van der Waals surface area contributed by atoms with E-state index in [9.17, 15) is 0 Å². The molecule has 19 heavy (non-hydrogen) atoms. The first-order valence-corrected chi connectivity index (χ1v) is 7.87. The van der Waals surface area contributed by atoms with Gasteiger partial charge in [-0.2, -0.15) is 0 Å². The van der Waals surface area contributed by atoms with Gasteiger partial charge in [-0.1, -0.05) is 25.4 Å². The zero-order valence-corrected chi connectivity index (χ0v) is 14.2. The van der Waals surface area contributed by atoms with Crippen molar-refractivity contribution in [3.05, 3.63) is 27.2 Å². The molecule has 0 heterocycles. The van der Waals surface area contributed by atoms with E-state index >= 15 is 0 Å². The summed E-state index contributed by atoms with van der Waals surface area (Å²) in [5, 5.41) is 4.38. The number of halogens is 2. The highest BCUT2D eigenvalue weighted by Crippen LogP contribution is 2.45.